The Balaban J connectivity index is 1.89. The Morgan fingerprint density at radius 2 is 2.00 bits per heavy atom. The molecule has 2 aromatic carbocycles. The Morgan fingerprint density at radius 3 is 2.64 bits per heavy atom. The first kappa shape index (κ1) is 15.8. The summed E-state index contributed by atoms with van der Waals surface area (Å²) >= 11 is 1.62. The Morgan fingerprint density at radius 1 is 1.27 bits per heavy atom. The topological polar surface area (TPSA) is 81.5 Å². The van der Waals surface area contributed by atoms with Gasteiger partial charge in [-0.05, 0) is 36.6 Å². The van der Waals surface area contributed by atoms with Crippen molar-refractivity contribution in [3.05, 3.63) is 58.6 Å². The molecule has 6 nitrogen and oxygen atoms in total. The highest BCUT2D eigenvalue weighted by atomic mass is 32.2. The summed E-state index contributed by atoms with van der Waals surface area (Å²) in [7, 11) is 0. The zero-order valence-electron chi connectivity index (χ0n) is 11.8. The fourth-order valence-corrected chi connectivity index (χ4v) is 2.12. The number of carbonyl (C=O) groups excluding carboxylic acids is 1. The monoisotopic (exact) mass is 318 g/mol. The molecule has 0 saturated carbocycles. The highest BCUT2D eigenvalue weighted by Crippen LogP contribution is 2.19. The summed E-state index contributed by atoms with van der Waals surface area (Å²) in [5.41, 5.74) is 0.594. The maximum Gasteiger partial charge on any atom is 0.273 e. The van der Waals surface area contributed by atoms with Crippen molar-refractivity contribution in [2.24, 2.45) is 0 Å². The van der Waals surface area contributed by atoms with Gasteiger partial charge >= 0.3 is 0 Å². The average Bonchev–Trinajstić information content (AvgIpc) is 2.54. The van der Waals surface area contributed by atoms with Crippen LogP contribution in [-0.4, -0.2) is 23.7 Å². The van der Waals surface area contributed by atoms with Gasteiger partial charge in [0, 0.05) is 16.6 Å². The van der Waals surface area contributed by atoms with Crippen LogP contribution in [0.5, 0.6) is 5.75 Å². The summed E-state index contributed by atoms with van der Waals surface area (Å²) in [5, 5.41) is 13.3. The minimum absolute atomic E-state index is 0.0782. The first-order valence-electron chi connectivity index (χ1n) is 6.39. The Hall–Kier alpha value is -2.54. The Labute approximate surface area is 131 Å². The lowest BCUT2D eigenvalue weighted by molar-refractivity contribution is -0.384. The fourth-order valence-electron chi connectivity index (χ4n) is 1.71. The number of hydrogen-bond acceptors (Lipinski definition) is 5. The molecule has 0 aliphatic heterocycles. The number of amides is 1. The van der Waals surface area contributed by atoms with Gasteiger partial charge in [-0.25, -0.2) is 0 Å². The van der Waals surface area contributed by atoms with E-state index < -0.39 is 4.92 Å². The number of benzene rings is 2. The maximum atomic E-state index is 11.8. The summed E-state index contributed by atoms with van der Waals surface area (Å²) in [6.07, 6.45) is 1.97. The number of hydrogen-bond donors (Lipinski definition) is 1. The van der Waals surface area contributed by atoms with Gasteiger partial charge < -0.3 is 10.1 Å². The lowest BCUT2D eigenvalue weighted by Gasteiger charge is -2.08. The molecule has 0 heterocycles. The maximum absolute atomic E-state index is 11.8. The van der Waals surface area contributed by atoms with Crippen LogP contribution >= 0.6 is 11.8 Å². The third kappa shape index (κ3) is 4.49. The van der Waals surface area contributed by atoms with E-state index in [-0.39, 0.29) is 24.0 Å². The van der Waals surface area contributed by atoms with E-state index in [2.05, 4.69) is 5.32 Å². The molecule has 1 amide bonds. The van der Waals surface area contributed by atoms with Gasteiger partial charge in [-0.1, -0.05) is 6.07 Å². The molecule has 0 aliphatic carbocycles. The van der Waals surface area contributed by atoms with Crippen molar-refractivity contribution in [1.29, 1.82) is 0 Å². The van der Waals surface area contributed by atoms with Crippen LogP contribution in [0.4, 0.5) is 11.4 Å². The second-order valence-electron chi connectivity index (χ2n) is 4.32. The van der Waals surface area contributed by atoms with Gasteiger partial charge in [0.1, 0.15) is 5.75 Å². The predicted molar refractivity (Wildman–Crippen MR) is 85.4 cm³/mol. The number of ether oxygens (including phenoxy) is 1. The van der Waals surface area contributed by atoms with Crippen LogP contribution in [-0.2, 0) is 4.79 Å². The summed E-state index contributed by atoms with van der Waals surface area (Å²) < 4.78 is 5.26. The molecular formula is C15H14N2O4S. The smallest absolute Gasteiger partial charge is 0.273 e. The number of nitrogens with zero attached hydrogens (tertiary/aromatic N) is 1. The highest BCUT2D eigenvalue weighted by Gasteiger charge is 2.08. The van der Waals surface area contributed by atoms with Crippen LogP contribution in [0.1, 0.15) is 0 Å². The molecule has 0 unspecified atom stereocenters. The molecule has 0 bridgehead atoms. The zero-order chi connectivity index (χ0) is 15.9. The molecule has 0 fully saturated rings. The van der Waals surface area contributed by atoms with Crippen molar-refractivity contribution >= 4 is 29.0 Å². The number of rotatable bonds is 6. The zero-order valence-corrected chi connectivity index (χ0v) is 12.6. The second-order valence-corrected chi connectivity index (χ2v) is 5.20. The lowest BCUT2D eigenvalue weighted by atomic mass is 10.3. The molecule has 114 valence electrons. The van der Waals surface area contributed by atoms with Crippen LogP contribution in [0.2, 0.25) is 0 Å². The Kier molecular flexibility index (Phi) is 5.37. The number of carbonyl (C=O) groups is 1. The molecule has 2 rings (SSSR count). The van der Waals surface area contributed by atoms with E-state index in [0.29, 0.717) is 5.69 Å². The first-order valence-corrected chi connectivity index (χ1v) is 7.62. The van der Waals surface area contributed by atoms with E-state index >= 15 is 0 Å². The molecule has 7 heteroatoms. The molecule has 2 aromatic rings. The second kappa shape index (κ2) is 7.46. The first-order chi connectivity index (χ1) is 10.6. The van der Waals surface area contributed by atoms with Crippen LogP contribution in [0, 0.1) is 10.1 Å². The van der Waals surface area contributed by atoms with E-state index in [0.717, 1.165) is 4.90 Å². The van der Waals surface area contributed by atoms with Gasteiger partial charge in [0.15, 0.2) is 6.61 Å². The minimum atomic E-state index is -0.514. The third-order valence-corrected chi connectivity index (χ3v) is 3.52. The van der Waals surface area contributed by atoms with E-state index in [1.807, 2.05) is 18.4 Å². The van der Waals surface area contributed by atoms with Crippen molar-refractivity contribution in [3.63, 3.8) is 0 Å². The van der Waals surface area contributed by atoms with Crippen molar-refractivity contribution in [3.8, 4) is 5.75 Å². The van der Waals surface area contributed by atoms with E-state index in [1.54, 1.807) is 30.0 Å². The molecule has 0 radical (unpaired) electrons. The fraction of sp³-hybridized carbons (Fsp3) is 0.133. The number of non-ortho nitro benzene ring substituents is 1. The van der Waals surface area contributed by atoms with E-state index in [1.165, 1.54) is 18.2 Å². The quantitative estimate of drug-likeness (QED) is 0.502. The normalized spacial score (nSPS) is 10.0. The minimum Gasteiger partial charge on any atom is -0.484 e. The summed E-state index contributed by atoms with van der Waals surface area (Å²) in [4.78, 5) is 23.0. The molecule has 0 aliphatic rings. The third-order valence-electron chi connectivity index (χ3n) is 2.77. The van der Waals surface area contributed by atoms with Crippen molar-refractivity contribution in [1.82, 2.24) is 0 Å². The largest absolute Gasteiger partial charge is 0.484 e. The molecule has 0 saturated heterocycles. The number of nitrogens with one attached hydrogen (secondary N) is 1. The average molecular weight is 318 g/mol. The molecule has 0 atom stereocenters. The lowest BCUT2D eigenvalue weighted by Crippen LogP contribution is -2.20. The standard InChI is InChI=1S/C15H14N2O4S/c1-22-14-7-5-11(6-8-14)16-15(18)10-21-13-4-2-3-12(9-13)17(19)20/h2-9H,10H2,1H3,(H,16,18). The summed E-state index contributed by atoms with van der Waals surface area (Å²) in [6, 6.07) is 13.1. The number of thioether (sulfide) groups is 1. The van der Waals surface area contributed by atoms with Crippen LogP contribution in [0.25, 0.3) is 0 Å². The van der Waals surface area contributed by atoms with Gasteiger partial charge in [-0.15, -0.1) is 11.8 Å². The molecule has 22 heavy (non-hydrogen) atoms. The molecule has 1 N–H and O–H groups in total. The Bertz CT molecular complexity index is 673. The summed E-state index contributed by atoms with van der Waals surface area (Å²) in [5.74, 6) is -0.0505. The van der Waals surface area contributed by atoms with Crippen LogP contribution < -0.4 is 10.1 Å². The van der Waals surface area contributed by atoms with Crippen molar-refractivity contribution in [2.45, 2.75) is 4.90 Å². The molecular weight excluding hydrogens is 304 g/mol. The van der Waals surface area contributed by atoms with Gasteiger partial charge in [-0.2, -0.15) is 0 Å². The molecule has 0 aromatic heterocycles. The molecule has 0 spiro atoms. The van der Waals surface area contributed by atoms with Gasteiger partial charge in [0.2, 0.25) is 0 Å². The predicted octanol–water partition coefficient (Wildman–Crippen LogP) is 3.33. The van der Waals surface area contributed by atoms with Crippen molar-refractivity contribution in [2.75, 3.05) is 18.2 Å². The van der Waals surface area contributed by atoms with Crippen molar-refractivity contribution < 1.29 is 14.5 Å². The number of anilines is 1. The van der Waals surface area contributed by atoms with Crippen LogP contribution in [0.15, 0.2) is 53.4 Å². The van der Waals surface area contributed by atoms with E-state index in [4.69, 9.17) is 4.74 Å². The van der Waals surface area contributed by atoms with E-state index in [9.17, 15) is 14.9 Å². The number of nitro benzene ring substituents is 1. The SMILES string of the molecule is CSc1ccc(NC(=O)COc2cccc([N+](=O)[O-])c2)cc1. The van der Waals surface area contributed by atoms with Gasteiger partial charge in [0.05, 0.1) is 11.0 Å². The summed E-state index contributed by atoms with van der Waals surface area (Å²) in [6.45, 7) is -0.217. The van der Waals surface area contributed by atoms with Crippen LogP contribution in [0.3, 0.4) is 0 Å². The number of nitro groups is 1. The highest BCUT2D eigenvalue weighted by molar-refractivity contribution is 7.98. The van der Waals surface area contributed by atoms with Gasteiger partial charge in [-0.3, -0.25) is 14.9 Å². The van der Waals surface area contributed by atoms with Gasteiger partial charge in [0.25, 0.3) is 11.6 Å².